The van der Waals surface area contributed by atoms with Crippen LogP contribution in [0.15, 0.2) is 6.20 Å². The molecular weight excluding hydrogens is 290 g/mol. The number of carboxylic acids is 1. The number of rotatable bonds is 7. The Morgan fingerprint density at radius 3 is 2.36 bits per heavy atom. The summed E-state index contributed by atoms with van der Waals surface area (Å²) in [4.78, 5) is 23.2. The number of hydrogen-bond donors (Lipinski definition) is 4. The van der Waals surface area contributed by atoms with Gasteiger partial charge in [-0.1, -0.05) is 19.1 Å². The number of hydrogen-bond acceptors (Lipinski definition) is 6. The van der Waals surface area contributed by atoms with E-state index in [0.29, 0.717) is 5.69 Å². The molecule has 0 radical (unpaired) electrons. The molecule has 124 valence electrons. The van der Waals surface area contributed by atoms with Crippen LogP contribution in [0.2, 0.25) is 0 Å². The average Bonchev–Trinajstić information content (AvgIpc) is 2.91. The van der Waals surface area contributed by atoms with Gasteiger partial charge in [-0.2, -0.15) is 0 Å². The van der Waals surface area contributed by atoms with E-state index in [4.69, 9.17) is 10.8 Å². The van der Waals surface area contributed by atoms with Crippen LogP contribution >= 0.6 is 0 Å². The standard InChI is InChI=1S/C13H23N5O4/c1-6(2)11(13(21)22)15-12(20)7(3)18-5-9(16-17-18)10(14)8(4)19/h5-8,10-11,19H,14H2,1-4H3,(H,15,20)(H,21,22)/t7-,8+,10-,11-/m0/s1. The van der Waals surface area contributed by atoms with Gasteiger partial charge in [0.1, 0.15) is 17.8 Å². The van der Waals surface area contributed by atoms with Crippen molar-refractivity contribution >= 4 is 11.9 Å². The third-order valence-corrected chi connectivity index (χ3v) is 3.40. The maximum atomic E-state index is 12.1. The van der Waals surface area contributed by atoms with Crippen LogP contribution in [0.1, 0.15) is 45.5 Å². The molecule has 0 aliphatic rings. The maximum absolute atomic E-state index is 12.1. The number of carbonyl (C=O) groups is 2. The van der Waals surface area contributed by atoms with E-state index >= 15 is 0 Å². The second-order valence-corrected chi connectivity index (χ2v) is 5.63. The Balaban J connectivity index is 2.81. The molecule has 0 bridgehead atoms. The maximum Gasteiger partial charge on any atom is 0.326 e. The van der Waals surface area contributed by atoms with Crippen molar-refractivity contribution in [1.82, 2.24) is 20.3 Å². The van der Waals surface area contributed by atoms with Crippen LogP contribution in [0.25, 0.3) is 0 Å². The number of carboxylic acid groups (broad SMARTS) is 1. The molecule has 0 unspecified atom stereocenters. The van der Waals surface area contributed by atoms with E-state index in [9.17, 15) is 14.7 Å². The second-order valence-electron chi connectivity index (χ2n) is 5.63. The van der Waals surface area contributed by atoms with Gasteiger partial charge in [0, 0.05) is 0 Å². The van der Waals surface area contributed by atoms with Crippen molar-refractivity contribution in [2.75, 3.05) is 0 Å². The fourth-order valence-electron chi connectivity index (χ4n) is 1.79. The number of aliphatic carboxylic acids is 1. The number of amides is 1. The van der Waals surface area contributed by atoms with E-state index in [-0.39, 0.29) is 5.92 Å². The smallest absolute Gasteiger partial charge is 0.326 e. The Kier molecular flexibility index (Phi) is 6.01. The van der Waals surface area contributed by atoms with Crippen LogP contribution in [-0.4, -0.2) is 49.2 Å². The van der Waals surface area contributed by atoms with Gasteiger partial charge in [0.25, 0.3) is 0 Å². The zero-order chi connectivity index (χ0) is 17.0. The van der Waals surface area contributed by atoms with Crippen LogP contribution in [0, 0.1) is 5.92 Å². The molecule has 9 heteroatoms. The number of nitrogens with one attached hydrogen (secondary N) is 1. The number of carbonyl (C=O) groups excluding carboxylic acids is 1. The molecule has 1 aromatic heterocycles. The van der Waals surface area contributed by atoms with E-state index in [1.807, 2.05) is 0 Å². The van der Waals surface area contributed by atoms with Crippen molar-refractivity contribution in [3.63, 3.8) is 0 Å². The first-order chi connectivity index (χ1) is 10.1. The molecule has 0 aliphatic carbocycles. The van der Waals surface area contributed by atoms with Gasteiger partial charge in [-0.3, -0.25) is 4.79 Å². The van der Waals surface area contributed by atoms with Gasteiger partial charge in [0.2, 0.25) is 5.91 Å². The molecule has 0 aliphatic heterocycles. The molecular formula is C13H23N5O4. The molecule has 22 heavy (non-hydrogen) atoms. The molecule has 0 saturated heterocycles. The number of nitrogens with zero attached hydrogens (tertiary/aromatic N) is 3. The third-order valence-electron chi connectivity index (χ3n) is 3.40. The predicted molar refractivity (Wildman–Crippen MR) is 77.7 cm³/mol. The lowest BCUT2D eigenvalue weighted by Crippen LogP contribution is -2.46. The summed E-state index contributed by atoms with van der Waals surface area (Å²) in [7, 11) is 0. The van der Waals surface area contributed by atoms with E-state index in [0.717, 1.165) is 0 Å². The molecule has 5 N–H and O–H groups in total. The Bertz CT molecular complexity index is 528. The van der Waals surface area contributed by atoms with Gasteiger partial charge in [-0.25, -0.2) is 9.48 Å². The zero-order valence-electron chi connectivity index (χ0n) is 13.1. The quantitative estimate of drug-likeness (QED) is 0.528. The van der Waals surface area contributed by atoms with E-state index in [1.54, 1.807) is 20.8 Å². The molecule has 0 fully saturated rings. The highest BCUT2D eigenvalue weighted by Crippen LogP contribution is 2.13. The summed E-state index contributed by atoms with van der Waals surface area (Å²) in [5.74, 6) is -1.82. The van der Waals surface area contributed by atoms with Gasteiger partial charge in [-0.15, -0.1) is 5.10 Å². The monoisotopic (exact) mass is 313 g/mol. The summed E-state index contributed by atoms with van der Waals surface area (Å²) in [6, 6.07) is -2.42. The van der Waals surface area contributed by atoms with Crippen LogP contribution < -0.4 is 11.1 Å². The third kappa shape index (κ3) is 4.25. The SMILES string of the molecule is CC(C)[C@H](NC(=O)[C@H](C)n1cc([C@@H](N)[C@@H](C)O)nn1)C(=O)O. The molecule has 1 rings (SSSR count). The fourth-order valence-corrected chi connectivity index (χ4v) is 1.79. The minimum Gasteiger partial charge on any atom is -0.480 e. The highest BCUT2D eigenvalue weighted by atomic mass is 16.4. The molecule has 9 nitrogen and oxygen atoms in total. The first-order valence-electron chi connectivity index (χ1n) is 7.03. The molecule has 1 aromatic rings. The van der Waals surface area contributed by atoms with Crippen molar-refractivity contribution in [3.05, 3.63) is 11.9 Å². The minimum absolute atomic E-state index is 0.247. The largest absolute Gasteiger partial charge is 0.480 e. The molecule has 0 saturated carbocycles. The van der Waals surface area contributed by atoms with E-state index in [1.165, 1.54) is 17.8 Å². The predicted octanol–water partition coefficient (Wildman–Crippen LogP) is -0.555. The van der Waals surface area contributed by atoms with Crippen LogP contribution in [-0.2, 0) is 9.59 Å². The lowest BCUT2D eigenvalue weighted by atomic mass is 10.0. The van der Waals surface area contributed by atoms with Gasteiger partial charge in [0.05, 0.1) is 18.3 Å². The summed E-state index contributed by atoms with van der Waals surface area (Å²) >= 11 is 0. The van der Waals surface area contributed by atoms with Crippen molar-refractivity contribution in [3.8, 4) is 0 Å². The van der Waals surface area contributed by atoms with Crippen molar-refractivity contribution < 1.29 is 19.8 Å². The lowest BCUT2D eigenvalue weighted by molar-refractivity contribution is -0.143. The van der Waals surface area contributed by atoms with E-state index in [2.05, 4.69) is 15.6 Å². The Morgan fingerprint density at radius 1 is 1.32 bits per heavy atom. The van der Waals surface area contributed by atoms with Gasteiger partial charge >= 0.3 is 5.97 Å². The van der Waals surface area contributed by atoms with Crippen molar-refractivity contribution in [1.29, 1.82) is 0 Å². The van der Waals surface area contributed by atoms with Crippen LogP contribution in [0.5, 0.6) is 0 Å². The zero-order valence-corrected chi connectivity index (χ0v) is 13.1. The van der Waals surface area contributed by atoms with E-state index < -0.39 is 36.1 Å². The first-order valence-corrected chi connectivity index (χ1v) is 7.03. The summed E-state index contributed by atoms with van der Waals surface area (Å²) in [5.41, 5.74) is 6.10. The van der Waals surface area contributed by atoms with Crippen LogP contribution in [0.4, 0.5) is 0 Å². The minimum atomic E-state index is -1.09. The summed E-state index contributed by atoms with van der Waals surface area (Å²) < 4.78 is 1.28. The number of aromatic nitrogens is 3. The first kappa shape index (κ1) is 18.1. The van der Waals surface area contributed by atoms with Gasteiger partial charge in [0.15, 0.2) is 0 Å². The highest BCUT2D eigenvalue weighted by Gasteiger charge is 2.27. The average molecular weight is 313 g/mol. The summed E-state index contributed by atoms with van der Waals surface area (Å²) in [5, 5.41) is 28.6. The fraction of sp³-hybridized carbons (Fsp3) is 0.692. The number of nitrogens with two attached hydrogens (primary N) is 1. The molecule has 1 amide bonds. The molecule has 0 aromatic carbocycles. The summed E-state index contributed by atoms with van der Waals surface area (Å²) in [6.07, 6.45) is 0.666. The number of aliphatic hydroxyl groups excluding tert-OH is 1. The lowest BCUT2D eigenvalue weighted by Gasteiger charge is -2.20. The number of aliphatic hydroxyl groups is 1. The Labute approximate surface area is 128 Å². The molecule has 1 heterocycles. The van der Waals surface area contributed by atoms with Crippen molar-refractivity contribution in [2.45, 2.75) is 51.9 Å². The topological polar surface area (TPSA) is 143 Å². The Hall–Kier alpha value is -2.00. The summed E-state index contributed by atoms with van der Waals surface area (Å²) in [6.45, 7) is 6.51. The second kappa shape index (κ2) is 7.32. The normalized spacial score (nSPS) is 16.9. The van der Waals surface area contributed by atoms with Gasteiger partial charge < -0.3 is 21.3 Å². The Morgan fingerprint density at radius 2 is 1.91 bits per heavy atom. The molecule has 0 spiro atoms. The van der Waals surface area contributed by atoms with Gasteiger partial charge in [-0.05, 0) is 19.8 Å². The van der Waals surface area contributed by atoms with Crippen molar-refractivity contribution in [2.24, 2.45) is 11.7 Å². The highest BCUT2D eigenvalue weighted by molar-refractivity contribution is 5.85. The van der Waals surface area contributed by atoms with Crippen LogP contribution in [0.3, 0.4) is 0 Å². The molecule has 4 atom stereocenters.